The van der Waals surface area contributed by atoms with E-state index in [1.54, 1.807) is 26.0 Å². The zero-order valence-electron chi connectivity index (χ0n) is 10.4. The topological polar surface area (TPSA) is 72.0 Å². The first-order chi connectivity index (χ1) is 8.88. The second-order valence-corrected chi connectivity index (χ2v) is 6.13. The summed E-state index contributed by atoms with van der Waals surface area (Å²) >= 11 is 5.92. The molecule has 0 aliphatic rings. The molecule has 0 bridgehead atoms. The van der Waals surface area contributed by atoms with Crippen molar-refractivity contribution >= 4 is 27.6 Å². The molecule has 2 rings (SSSR count). The minimum absolute atomic E-state index is 0.0386. The van der Waals surface area contributed by atoms with E-state index in [1.807, 2.05) is 0 Å². The molecule has 5 nitrogen and oxygen atoms in total. The van der Waals surface area contributed by atoms with Gasteiger partial charge in [-0.1, -0.05) is 17.7 Å². The average Bonchev–Trinajstić information content (AvgIpc) is 2.32. The standard InChI is InChI=1S/C12H12ClN3O2S/c1-8-3-4-10(7-11(8)13)19(17,18)16-12-14-6-5-9(2)15-12/h3-7H,1-2H3,(H,14,15,16). The molecule has 0 fully saturated rings. The molecule has 0 aliphatic heterocycles. The van der Waals surface area contributed by atoms with Gasteiger partial charge in [-0.15, -0.1) is 0 Å². The summed E-state index contributed by atoms with van der Waals surface area (Å²) < 4.78 is 26.6. The average molecular weight is 298 g/mol. The molecule has 0 amide bonds. The molecular formula is C12H12ClN3O2S. The number of rotatable bonds is 3. The quantitative estimate of drug-likeness (QED) is 0.945. The van der Waals surface area contributed by atoms with Crippen LogP contribution < -0.4 is 4.72 Å². The third-order valence-electron chi connectivity index (χ3n) is 2.47. The molecule has 0 spiro atoms. The molecule has 0 saturated heterocycles. The van der Waals surface area contributed by atoms with Crippen LogP contribution in [0.4, 0.5) is 5.95 Å². The lowest BCUT2D eigenvalue weighted by atomic mass is 10.2. The van der Waals surface area contributed by atoms with Crippen molar-refractivity contribution in [3.63, 3.8) is 0 Å². The van der Waals surface area contributed by atoms with Gasteiger partial charge in [0, 0.05) is 16.9 Å². The third kappa shape index (κ3) is 3.21. The molecule has 7 heteroatoms. The summed E-state index contributed by atoms with van der Waals surface area (Å²) in [4.78, 5) is 7.92. The smallest absolute Gasteiger partial charge is 0.247 e. The molecule has 0 atom stereocenters. The number of halogens is 1. The van der Waals surface area contributed by atoms with Gasteiger partial charge >= 0.3 is 0 Å². The normalized spacial score (nSPS) is 11.3. The van der Waals surface area contributed by atoms with E-state index in [1.165, 1.54) is 18.3 Å². The van der Waals surface area contributed by atoms with Gasteiger partial charge in [-0.25, -0.2) is 23.1 Å². The SMILES string of the molecule is Cc1ccnc(NS(=O)(=O)c2ccc(C)c(Cl)c2)n1. The van der Waals surface area contributed by atoms with Gasteiger partial charge < -0.3 is 0 Å². The van der Waals surface area contributed by atoms with Crippen LogP contribution >= 0.6 is 11.6 Å². The number of hydrogen-bond donors (Lipinski definition) is 1. The Hall–Kier alpha value is -1.66. The summed E-state index contributed by atoms with van der Waals surface area (Å²) in [6.45, 7) is 3.55. The van der Waals surface area contributed by atoms with Crippen LogP contribution in [0.3, 0.4) is 0 Å². The Morgan fingerprint density at radius 3 is 2.58 bits per heavy atom. The highest BCUT2D eigenvalue weighted by Crippen LogP contribution is 2.21. The monoisotopic (exact) mass is 297 g/mol. The highest BCUT2D eigenvalue weighted by molar-refractivity contribution is 7.92. The maximum atomic E-state index is 12.1. The second kappa shape index (κ2) is 5.14. The molecule has 2 aromatic rings. The van der Waals surface area contributed by atoms with Crippen molar-refractivity contribution in [1.29, 1.82) is 0 Å². The van der Waals surface area contributed by atoms with Gasteiger partial charge in [-0.3, -0.25) is 0 Å². The lowest BCUT2D eigenvalue weighted by Crippen LogP contribution is -2.15. The third-order valence-corrected chi connectivity index (χ3v) is 4.21. The maximum Gasteiger partial charge on any atom is 0.264 e. The van der Waals surface area contributed by atoms with Crippen LogP contribution in [-0.2, 0) is 10.0 Å². The second-order valence-electron chi connectivity index (χ2n) is 4.04. The fourth-order valence-electron chi connectivity index (χ4n) is 1.42. The van der Waals surface area contributed by atoms with E-state index < -0.39 is 10.0 Å². The molecular weight excluding hydrogens is 286 g/mol. The van der Waals surface area contributed by atoms with E-state index in [9.17, 15) is 8.42 Å². The Morgan fingerprint density at radius 2 is 1.95 bits per heavy atom. The van der Waals surface area contributed by atoms with Crippen molar-refractivity contribution in [1.82, 2.24) is 9.97 Å². The fraction of sp³-hybridized carbons (Fsp3) is 0.167. The van der Waals surface area contributed by atoms with Gasteiger partial charge in [0.1, 0.15) is 0 Å². The van der Waals surface area contributed by atoms with E-state index in [0.29, 0.717) is 10.7 Å². The molecule has 0 unspecified atom stereocenters. The van der Waals surface area contributed by atoms with E-state index >= 15 is 0 Å². The van der Waals surface area contributed by atoms with Crippen LogP contribution in [0.25, 0.3) is 0 Å². The lowest BCUT2D eigenvalue weighted by Gasteiger charge is -2.08. The largest absolute Gasteiger partial charge is 0.264 e. The first-order valence-electron chi connectivity index (χ1n) is 5.47. The van der Waals surface area contributed by atoms with Gasteiger partial charge in [0.25, 0.3) is 10.0 Å². The van der Waals surface area contributed by atoms with Crippen LogP contribution in [0.15, 0.2) is 35.4 Å². The van der Waals surface area contributed by atoms with E-state index in [0.717, 1.165) is 5.56 Å². The van der Waals surface area contributed by atoms with Crippen molar-refractivity contribution in [2.24, 2.45) is 0 Å². The maximum absolute atomic E-state index is 12.1. The fourth-order valence-corrected chi connectivity index (χ4v) is 2.64. The molecule has 1 N–H and O–H groups in total. The summed E-state index contributed by atoms with van der Waals surface area (Å²) in [6, 6.07) is 6.21. The number of sulfonamides is 1. The molecule has 0 aliphatic carbocycles. The number of aryl methyl sites for hydroxylation is 2. The number of benzene rings is 1. The van der Waals surface area contributed by atoms with Crippen LogP contribution in [0.5, 0.6) is 0 Å². The van der Waals surface area contributed by atoms with E-state index in [2.05, 4.69) is 14.7 Å². The van der Waals surface area contributed by atoms with Crippen molar-refractivity contribution < 1.29 is 8.42 Å². The number of anilines is 1. The first kappa shape index (κ1) is 13.8. The van der Waals surface area contributed by atoms with Crippen LogP contribution in [-0.4, -0.2) is 18.4 Å². The zero-order chi connectivity index (χ0) is 14.0. The number of hydrogen-bond acceptors (Lipinski definition) is 4. The van der Waals surface area contributed by atoms with Crippen LogP contribution in [0.2, 0.25) is 5.02 Å². The van der Waals surface area contributed by atoms with Crippen molar-refractivity contribution in [2.75, 3.05) is 4.72 Å². The number of nitrogens with zero attached hydrogens (tertiary/aromatic N) is 2. The lowest BCUT2D eigenvalue weighted by molar-refractivity contribution is 0.601. The Bertz CT molecular complexity index is 717. The predicted molar refractivity (Wildman–Crippen MR) is 73.8 cm³/mol. The van der Waals surface area contributed by atoms with E-state index in [-0.39, 0.29) is 10.8 Å². The van der Waals surface area contributed by atoms with Crippen LogP contribution in [0.1, 0.15) is 11.3 Å². The van der Waals surface area contributed by atoms with Crippen molar-refractivity contribution in [3.8, 4) is 0 Å². The molecule has 0 saturated carbocycles. The zero-order valence-corrected chi connectivity index (χ0v) is 12.0. The minimum atomic E-state index is -3.73. The summed E-state index contributed by atoms with van der Waals surface area (Å²) in [5, 5.41) is 0.396. The molecule has 0 radical (unpaired) electrons. The summed E-state index contributed by atoms with van der Waals surface area (Å²) in [6.07, 6.45) is 1.49. The molecule has 1 heterocycles. The number of nitrogens with one attached hydrogen (secondary N) is 1. The Morgan fingerprint density at radius 1 is 1.21 bits per heavy atom. The highest BCUT2D eigenvalue weighted by atomic mass is 35.5. The summed E-state index contributed by atoms with van der Waals surface area (Å²) in [7, 11) is -3.73. The molecule has 19 heavy (non-hydrogen) atoms. The van der Waals surface area contributed by atoms with Gasteiger partial charge in [0.2, 0.25) is 5.95 Å². The number of aromatic nitrogens is 2. The van der Waals surface area contributed by atoms with Gasteiger partial charge in [0.15, 0.2) is 0 Å². The van der Waals surface area contributed by atoms with Gasteiger partial charge in [-0.05, 0) is 37.6 Å². The minimum Gasteiger partial charge on any atom is -0.247 e. The predicted octanol–water partition coefficient (Wildman–Crippen LogP) is 2.55. The van der Waals surface area contributed by atoms with Gasteiger partial charge in [0.05, 0.1) is 4.90 Å². The first-order valence-corrected chi connectivity index (χ1v) is 7.33. The van der Waals surface area contributed by atoms with Gasteiger partial charge in [-0.2, -0.15) is 0 Å². The highest BCUT2D eigenvalue weighted by Gasteiger charge is 2.16. The Kier molecular flexibility index (Phi) is 3.73. The summed E-state index contributed by atoms with van der Waals surface area (Å²) in [5.74, 6) is 0.0386. The van der Waals surface area contributed by atoms with Crippen LogP contribution in [0, 0.1) is 13.8 Å². The van der Waals surface area contributed by atoms with Crippen molar-refractivity contribution in [3.05, 3.63) is 46.7 Å². The molecule has 1 aromatic heterocycles. The Balaban J connectivity index is 2.35. The Labute approximate surface area is 116 Å². The summed E-state index contributed by atoms with van der Waals surface area (Å²) in [5.41, 5.74) is 1.49. The molecule has 1 aromatic carbocycles. The van der Waals surface area contributed by atoms with E-state index in [4.69, 9.17) is 11.6 Å². The van der Waals surface area contributed by atoms with Crippen molar-refractivity contribution in [2.45, 2.75) is 18.7 Å². The molecule has 100 valence electrons.